The summed E-state index contributed by atoms with van der Waals surface area (Å²) in [5.74, 6) is -2.30. The van der Waals surface area contributed by atoms with Gasteiger partial charge >= 0.3 is 5.97 Å². The maximum Gasteiger partial charge on any atom is 0.326 e. The van der Waals surface area contributed by atoms with Crippen LogP contribution in [-0.4, -0.2) is 35.5 Å². The van der Waals surface area contributed by atoms with Crippen LogP contribution in [-0.2, 0) is 16.0 Å². The van der Waals surface area contributed by atoms with Gasteiger partial charge < -0.3 is 15.7 Å². The molecular weight excluding hydrogens is 379 g/mol. The van der Waals surface area contributed by atoms with Crippen molar-refractivity contribution in [2.45, 2.75) is 12.5 Å². The predicted octanol–water partition coefficient (Wildman–Crippen LogP) is 2.54. The lowest BCUT2D eigenvalue weighted by Gasteiger charge is -2.16. The van der Waals surface area contributed by atoms with E-state index in [9.17, 15) is 19.5 Å². The van der Waals surface area contributed by atoms with E-state index >= 15 is 0 Å². The lowest BCUT2D eigenvalue weighted by Crippen LogP contribution is -2.46. The summed E-state index contributed by atoms with van der Waals surface area (Å²) in [5, 5.41) is 14.8. The summed E-state index contributed by atoms with van der Waals surface area (Å²) in [6.45, 7) is -0.353. The molecule has 0 aromatic heterocycles. The summed E-state index contributed by atoms with van der Waals surface area (Å²) < 4.78 is 0. The fourth-order valence-corrected chi connectivity index (χ4v) is 2.78. The summed E-state index contributed by atoms with van der Waals surface area (Å²) in [4.78, 5) is 35.3. The van der Waals surface area contributed by atoms with Crippen molar-refractivity contribution in [3.05, 3.63) is 69.7 Å². The molecule has 3 N–H and O–H groups in total. The van der Waals surface area contributed by atoms with Gasteiger partial charge in [-0.1, -0.05) is 47.5 Å². The van der Waals surface area contributed by atoms with Crippen molar-refractivity contribution in [3.8, 4) is 0 Å². The molecule has 2 aromatic rings. The SMILES string of the molecule is O=C(CNC(=O)c1ccccc1)N[C@H](Cc1c(Cl)cccc1Cl)C(=O)O. The summed E-state index contributed by atoms with van der Waals surface area (Å²) in [6.07, 6.45) is -0.0772. The zero-order chi connectivity index (χ0) is 19.1. The van der Waals surface area contributed by atoms with Gasteiger partial charge in [0.2, 0.25) is 5.91 Å². The third-order valence-electron chi connectivity index (χ3n) is 3.55. The number of aliphatic carboxylic acids is 1. The predicted molar refractivity (Wildman–Crippen MR) is 98.5 cm³/mol. The van der Waals surface area contributed by atoms with Gasteiger partial charge in [-0.15, -0.1) is 0 Å². The van der Waals surface area contributed by atoms with Crippen LogP contribution >= 0.6 is 23.2 Å². The molecule has 0 aliphatic rings. The van der Waals surface area contributed by atoms with Crippen molar-refractivity contribution in [3.63, 3.8) is 0 Å². The smallest absolute Gasteiger partial charge is 0.326 e. The highest BCUT2D eigenvalue weighted by Crippen LogP contribution is 2.25. The van der Waals surface area contributed by atoms with Gasteiger partial charge in [-0.05, 0) is 29.8 Å². The zero-order valence-electron chi connectivity index (χ0n) is 13.5. The van der Waals surface area contributed by atoms with Crippen molar-refractivity contribution in [2.24, 2.45) is 0 Å². The molecule has 0 radical (unpaired) electrons. The molecule has 2 amide bonds. The van der Waals surface area contributed by atoms with Gasteiger partial charge in [0, 0.05) is 22.0 Å². The van der Waals surface area contributed by atoms with E-state index in [1.54, 1.807) is 48.5 Å². The minimum atomic E-state index is -1.23. The molecule has 2 aromatic carbocycles. The van der Waals surface area contributed by atoms with E-state index in [2.05, 4.69) is 10.6 Å². The molecule has 0 fully saturated rings. The third kappa shape index (κ3) is 5.47. The summed E-state index contributed by atoms with van der Waals surface area (Å²) >= 11 is 12.1. The molecule has 0 bridgehead atoms. The van der Waals surface area contributed by atoms with Crippen LogP contribution in [0.25, 0.3) is 0 Å². The van der Waals surface area contributed by atoms with E-state index in [0.29, 0.717) is 21.2 Å². The van der Waals surface area contributed by atoms with Crippen LogP contribution in [0, 0.1) is 0 Å². The van der Waals surface area contributed by atoms with Gasteiger partial charge in [0.15, 0.2) is 0 Å². The second-order valence-corrected chi connectivity index (χ2v) is 6.23. The topological polar surface area (TPSA) is 95.5 Å². The second-order valence-electron chi connectivity index (χ2n) is 5.41. The van der Waals surface area contributed by atoms with Crippen LogP contribution in [0.2, 0.25) is 10.0 Å². The molecule has 0 unspecified atom stereocenters. The second kappa shape index (κ2) is 9.22. The molecule has 2 rings (SSSR count). The lowest BCUT2D eigenvalue weighted by molar-refractivity contribution is -0.141. The highest BCUT2D eigenvalue weighted by Gasteiger charge is 2.23. The summed E-state index contributed by atoms with van der Waals surface area (Å²) in [7, 11) is 0. The minimum Gasteiger partial charge on any atom is -0.480 e. The molecular formula is C18H16Cl2N2O4. The molecule has 0 spiro atoms. The first-order chi connectivity index (χ1) is 12.4. The molecule has 6 nitrogen and oxygen atoms in total. The number of hydrogen-bond donors (Lipinski definition) is 3. The normalized spacial score (nSPS) is 11.5. The average Bonchev–Trinajstić information content (AvgIpc) is 2.62. The summed E-state index contributed by atoms with van der Waals surface area (Å²) in [5.41, 5.74) is 0.829. The van der Waals surface area contributed by atoms with Crippen LogP contribution in [0.3, 0.4) is 0 Å². The van der Waals surface area contributed by atoms with Crippen LogP contribution in [0.1, 0.15) is 15.9 Å². The van der Waals surface area contributed by atoms with E-state index in [-0.39, 0.29) is 13.0 Å². The summed E-state index contributed by atoms with van der Waals surface area (Å²) in [6, 6.07) is 12.0. The highest BCUT2D eigenvalue weighted by molar-refractivity contribution is 6.36. The number of carbonyl (C=O) groups excluding carboxylic acids is 2. The number of nitrogens with one attached hydrogen (secondary N) is 2. The van der Waals surface area contributed by atoms with E-state index in [1.807, 2.05) is 0 Å². The Kier molecular flexibility index (Phi) is 7.00. The monoisotopic (exact) mass is 394 g/mol. The molecule has 0 heterocycles. The fraction of sp³-hybridized carbons (Fsp3) is 0.167. The van der Waals surface area contributed by atoms with Crippen molar-refractivity contribution in [1.82, 2.24) is 10.6 Å². The van der Waals surface area contributed by atoms with Crippen LogP contribution in [0.5, 0.6) is 0 Å². The van der Waals surface area contributed by atoms with Crippen LogP contribution < -0.4 is 10.6 Å². The number of carbonyl (C=O) groups is 3. The van der Waals surface area contributed by atoms with Gasteiger partial charge in [-0.2, -0.15) is 0 Å². The fourth-order valence-electron chi connectivity index (χ4n) is 2.23. The first kappa shape index (κ1) is 19.8. The van der Waals surface area contributed by atoms with E-state index in [0.717, 1.165) is 0 Å². The number of hydrogen-bond acceptors (Lipinski definition) is 3. The average molecular weight is 395 g/mol. The van der Waals surface area contributed by atoms with Crippen molar-refractivity contribution in [1.29, 1.82) is 0 Å². The number of carboxylic acid groups (broad SMARTS) is 1. The first-order valence-corrected chi connectivity index (χ1v) is 8.42. The quantitative estimate of drug-likeness (QED) is 0.672. The zero-order valence-corrected chi connectivity index (χ0v) is 15.1. The minimum absolute atomic E-state index is 0.0772. The van der Waals surface area contributed by atoms with Crippen molar-refractivity contribution >= 4 is 41.0 Å². The largest absolute Gasteiger partial charge is 0.480 e. The first-order valence-electron chi connectivity index (χ1n) is 7.66. The van der Waals surface area contributed by atoms with Gasteiger partial charge in [0.05, 0.1) is 6.54 Å². The molecule has 0 aliphatic carbocycles. The van der Waals surface area contributed by atoms with Crippen LogP contribution in [0.4, 0.5) is 0 Å². The maximum absolute atomic E-state index is 12.0. The number of benzene rings is 2. The molecule has 0 saturated heterocycles. The maximum atomic E-state index is 12.0. The Bertz CT molecular complexity index is 792. The number of amides is 2. The van der Waals surface area contributed by atoms with Gasteiger partial charge in [-0.3, -0.25) is 9.59 Å². The molecule has 1 atom stereocenters. The Morgan fingerprint density at radius 1 is 0.962 bits per heavy atom. The number of halogens is 2. The standard InChI is InChI=1S/C18H16Cl2N2O4/c19-13-7-4-8-14(20)12(13)9-15(18(25)26)22-16(23)10-21-17(24)11-5-2-1-3-6-11/h1-8,15H,9-10H2,(H,21,24)(H,22,23)(H,25,26)/t15-/m1/s1. The van der Waals surface area contributed by atoms with Crippen molar-refractivity contribution in [2.75, 3.05) is 6.54 Å². The van der Waals surface area contributed by atoms with Gasteiger partial charge in [0.1, 0.15) is 6.04 Å². The Balaban J connectivity index is 1.96. The molecule has 136 valence electrons. The highest BCUT2D eigenvalue weighted by atomic mass is 35.5. The Morgan fingerprint density at radius 2 is 1.58 bits per heavy atom. The number of carboxylic acids is 1. The van der Waals surface area contributed by atoms with E-state index < -0.39 is 23.8 Å². The number of rotatable bonds is 7. The molecule has 8 heteroatoms. The third-order valence-corrected chi connectivity index (χ3v) is 4.26. The molecule has 0 saturated carbocycles. The van der Waals surface area contributed by atoms with Crippen LogP contribution in [0.15, 0.2) is 48.5 Å². The van der Waals surface area contributed by atoms with E-state index in [4.69, 9.17) is 23.2 Å². The van der Waals surface area contributed by atoms with E-state index in [1.165, 1.54) is 0 Å². The van der Waals surface area contributed by atoms with Crippen molar-refractivity contribution < 1.29 is 19.5 Å². The lowest BCUT2D eigenvalue weighted by atomic mass is 10.1. The Labute approximate surface area is 160 Å². The Morgan fingerprint density at radius 3 is 2.15 bits per heavy atom. The van der Waals surface area contributed by atoms with Gasteiger partial charge in [0.25, 0.3) is 5.91 Å². The van der Waals surface area contributed by atoms with Gasteiger partial charge in [-0.25, -0.2) is 4.79 Å². The molecule has 26 heavy (non-hydrogen) atoms. The Hall–Kier alpha value is -2.57. The molecule has 0 aliphatic heterocycles.